The van der Waals surface area contributed by atoms with E-state index >= 15 is 4.39 Å². The van der Waals surface area contributed by atoms with Crippen molar-refractivity contribution in [2.45, 2.75) is 44.2 Å². The van der Waals surface area contributed by atoms with Gasteiger partial charge in [-0.1, -0.05) is 6.92 Å². The molecule has 134 valence electrons. The van der Waals surface area contributed by atoms with Crippen LogP contribution in [-0.2, 0) is 10.2 Å². The van der Waals surface area contributed by atoms with E-state index in [1.165, 1.54) is 0 Å². The van der Waals surface area contributed by atoms with Gasteiger partial charge in [0.05, 0.1) is 11.6 Å². The van der Waals surface area contributed by atoms with Crippen LogP contribution >= 0.6 is 0 Å². The first-order valence-corrected chi connectivity index (χ1v) is 8.92. The Balaban J connectivity index is 1.76. The van der Waals surface area contributed by atoms with E-state index in [9.17, 15) is 0 Å². The molecule has 0 bridgehead atoms. The topological polar surface area (TPSA) is 51.5 Å². The first kappa shape index (κ1) is 15.8. The van der Waals surface area contributed by atoms with Crippen LogP contribution in [0.4, 0.5) is 10.1 Å². The fourth-order valence-corrected chi connectivity index (χ4v) is 4.77. The largest absolute Gasteiger partial charge is 0.377 e. The third-order valence-electron chi connectivity index (χ3n) is 5.89. The summed E-state index contributed by atoms with van der Waals surface area (Å²) in [4.78, 5) is 8.77. The number of aromatic nitrogens is 3. The van der Waals surface area contributed by atoms with Crippen molar-refractivity contribution in [3.63, 3.8) is 0 Å². The van der Waals surface area contributed by atoms with Crippen LogP contribution in [0.25, 0.3) is 16.9 Å². The average Bonchev–Trinajstić information content (AvgIpc) is 3.21. The Hall–Kier alpha value is -2.47. The number of fused-ring (bicyclic) bond motifs is 4. The van der Waals surface area contributed by atoms with Gasteiger partial charge in [0, 0.05) is 48.1 Å². The van der Waals surface area contributed by atoms with E-state index < -0.39 is 0 Å². The zero-order chi connectivity index (χ0) is 18.1. The van der Waals surface area contributed by atoms with Crippen LogP contribution in [0.3, 0.4) is 0 Å². The number of nitrogens with zero attached hydrogens (tertiary/aromatic N) is 3. The van der Waals surface area contributed by atoms with Crippen LogP contribution < -0.4 is 5.32 Å². The molecule has 0 amide bonds. The molecule has 3 aromatic rings. The average molecular weight is 352 g/mol. The molecule has 4 heterocycles. The summed E-state index contributed by atoms with van der Waals surface area (Å²) >= 11 is 0. The van der Waals surface area contributed by atoms with E-state index in [1.807, 2.05) is 22.9 Å². The van der Waals surface area contributed by atoms with Crippen molar-refractivity contribution in [1.82, 2.24) is 14.4 Å². The molecule has 2 atom stereocenters. The molecule has 2 unspecified atom stereocenters. The molecule has 0 spiro atoms. The number of imidazole rings is 1. The minimum atomic E-state index is -0.295. The number of nitrogens with one attached hydrogen (secondary N) is 1. The van der Waals surface area contributed by atoms with Gasteiger partial charge in [0.2, 0.25) is 0 Å². The second kappa shape index (κ2) is 5.04. The van der Waals surface area contributed by atoms with Crippen LogP contribution in [0.2, 0.25) is 0 Å². The Morgan fingerprint density at radius 1 is 1.19 bits per heavy atom. The molecule has 5 rings (SSSR count). The number of hydrogen-bond donors (Lipinski definition) is 1. The molecule has 1 saturated heterocycles. The Kier molecular flexibility index (Phi) is 3.05. The van der Waals surface area contributed by atoms with Crippen LogP contribution in [0.15, 0.2) is 36.9 Å². The number of benzene rings is 1. The minimum absolute atomic E-state index is 0.0380. The van der Waals surface area contributed by atoms with Crippen molar-refractivity contribution < 1.29 is 9.13 Å². The molecule has 0 saturated carbocycles. The number of ether oxygens (including phenoxy) is 1. The van der Waals surface area contributed by atoms with Crippen LogP contribution in [0, 0.1) is 5.82 Å². The van der Waals surface area contributed by atoms with Gasteiger partial charge in [0.1, 0.15) is 11.5 Å². The fraction of sp³-hybridized carbons (Fsp3) is 0.400. The highest BCUT2D eigenvalue weighted by Gasteiger charge is 2.53. The lowest BCUT2D eigenvalue weighted by molar-refractivity contribution is 0.0352. The second-order valence-corrected chi connectivity index (χ2v) is 8.08. The van der Waals surface area contributed by atoms with Crippen LogP contribution in [0.5, 0.6) is 0 Å². The normalized spacial score (nSPS) is 26.4. The Bertz CT molecular complexity index is 1030. The van der Waals surface area contributed by atoms with E-state index in [2.05, 4.69) is 36.1 Å². The maximum absolute atomic E-state index is 15.1. The molecule has 2 aliphatic heterocycles. The van der Waals surface area contributed by atoms with Crippen molar-refractivity contribution >= 4 is 11.3 Å². The molecule has 2 aromatic heterocycles. The lowest BCUT2D eigenvalue weighted by Gasteiger charge is -2.48. The lowest BCUT2D eigenvalue weighted by atomic mass is 9.67. The molecular formula is C20H21FN4O. The van der Waals surface area contributed by atoms with Crippen molar-refractivity contribution in [2.75, 3.05) is 11.9 Å². The number of hydrogen-bond acceptors (Lipinski definition) is 4. The van der Waals surface area contributed by atoms with Crippen molar-refractivity contribution in [1.29, 1.82) is 0 Å². The van der Waals surface area contributed by atoms with Crippen molar-refractivity contribution in [3.8, 4) is 11.3 Å². The van der Waals surface area contributed by atoms with Gasteiger partial charge in [-0.2, -0.15) is 0 Å². The standard InChI is InChI=1S/C20H21FN4O/c1-19(2)18-20(3,4-9-26-18)13-10-12(14(21)11-15(13)24-19)16-17-23-6-8-25(17)7-5-22-16/h5-8,10-11,18,24H,4,9H2,1-3H3. The smallest absolute Gasteiger partial charge is 0.163 e. The molecule has 1 fully saturated rings. The second-order valence-electron chi connectivity index (χ2n) is 8.08. The summed E-state index contributed by atoms with van der Waals surface area (Å²) in [7, 11) is 0. The van der Waals surface area contributed by atoms with Gasteiger partial charge in [-0.15, -0.1) is 0 Å². The summed E-state index contributed by atoms with van der Waals surface area (Å²) in [6.07, 6.45) is 7.98. The minimum Gasteiger partial charge on any atom is -0.377 e. The van der Waals surface area contributed by atoms with Gasteiger partial charge in [-0.3, -0.25) is 4.98 Å². The van der Waals surface area contributed by atoms with E-state index in [0.29, 0.717) is 23.5 Å². The third kappa shape index (κ3) is 1.99. The van der Waals surface area contributed by atoms with Crippen molar-refractivity contribution in [2.24, 2.45) is 0 Å². The molecule has 6 heteroatoms. The summed E-state index contributed by atoms with van der Waals surface area (Å²) in [6, 6.07) is 3.53. The third-order valence-corrected chi connectivity index (χ3v) is 5.89. The highest BCUT2D eigenvalue weighted by atomic mass is 19.1. The van der Waals surface area contributed by atoms with Gasteiger partial charge >= 0.3 is 0 Å². The van der Waals surface area contributed by atoms with E-state index in [1.54, 1.807) is 18.5 Å². The summed E-state index contributed by atoms with van der Waals surface area (Å²) in [5.74, 6) is -0.295. The summed E-state index contributed by atoms with van der Waals surface area (Å²) < 4.78 is 23.0. The number of rotatable bonds is 1. The van der Waals surface area contributed by atoms with E-state index in [-0.39, 0.29) is 22.9 Å². The zero-order valence-electron chi connectivity index (χ0n) is 15.1. The van der Waals surface area contributed by atoms with Gasteiger partial charge in [-0.25, -0.2) is 9.37 Å². The molecular weight excluding hydrogens is 331 g/mol. The molecule has 1 aromatic carbocycles. The summed E-state index contributed by atoms with van der Waals surface area (Å²) in [6.45, 7) is 7.16. The molecule has 0 aliphatic carbocycles. The predicted octanol–water partition coefficient (Wildman–Crippen LogP) is 3.79. The molecule has 26 heavy (non-hydrogen) atoms. The Morgan fingerprint density at radius 3 is 2.77 bits per heavy atom. The van der Waals surface area contributed by atoms with E-state index in [0.717, 1.165) is 17.7 Å². The maximum Gasteiger partial charge on any atom is 0.163 e. The number of anilines is 1. The summed E-state index contributed by atoms with van der Waals surface area (Å²) in [5.41, 5.74) is 3.21. The molecule has 2 aliphatic rings. The molecule has 0 radical (unpaired) electrons. The number of halogens is 1. The molecule has 1 N–H and O–H groups in total. The van der Waals surface area contributed by atoms with E-state index in [4.69, 9.17) is 4.74 Å². The highest BCUT2D eigenvalue weighted by molar-refractivity contribution is 5.78. The maximum atomic E-state index is 15.1. The first-order chi connectivity index (χ1) is 12.4. The van der Waals surface area contributed by atoms with Crippen LogP contribution in [-0.4, -0.2) is 32.6 Å². The van der Waals surface area contributed by atoms with Gasteiger partial charge in [0.25, 0.3) is 0 Å². The quantitative estimate of drug-likeness (QED) is 0.724. The monoisotopic (exact) mass is 352 g/mol. The molecule has 5 nitrogen and oxygen atoms in total. The van der Waals surface area contributed by atoms with Crippen LogP contribution in [0.1, 0.15) is 32.8 Å². The summed E-state index contributed by atoms with van der Waals surface area (Å²) in [5, 5.41) is 3.48. The first-order valence-electron chi connectivity index (χ1n) is 8.92. The lowest BCUT2D eigenvalue weighted by Crippen LogP contribution is -2.56. The SMILES string of the molecule is CC1(C)Nc2cc(F)c(-c3nccn4ccnc34)cc2C2(C)CCOC12. The van der Waals surface area contributed by atoms with Gasteiger partial charge in [0.15, 0.2) is 5.65 Å². The Morgan fingerprint density at radius 2 is 1.96 bits per heavy atom. The van der Waals surface area contributed by atoms with Crippen molar-refractivity contribution in [3.05, 3.63) is 48.3 Å². The Labute approximate surface area is 151 Å². The highest BCUT2D eigenvalue weighted by Crippen LogP contribution is 2.51. The zero-order valence-corrected chi connectivity index (χ0v) is 15.1. The van der Waals surface area contributed by atoms with Gasteiger partial charge < -0.3 is 14.5 Å². The fourth-order valence-electron chi connectivity index (χ4n) is 4.77. The van der Waals surface area contributed by atoms with Gasteiger partial charge in [-0.05, 0) is 38.0 Å². The predicted molar refractivity (Wildman–Crippen MR) is 97.8 cm³/mol.